The van der Waals surface area contributed by atoms with Crippen LogP contribution in [0.15, 0.2) is 24.3 Å². The van der Waals surface area contributed by atoms with Gasteiger partial charge in [-0.3, -0.25) is 0 Å². The summed E-state index contributed by atoms with van der Waals surface area (Å²) in [6.45, 7) is 11.3. The zero-order valence-electron chi connectivity index (χ0n) is 16.3. The number of ether oxygens (including phenoxy) is 1. The largest absolute Gasteiger partial charge is 1.00 e. The summed E-state index contributed by atoms with van der Waals surface area (Å²) in [7, 11) is 1.61. The Labute approximate surface area is 189 Å². The number of hydrogen-bond donors (Lipinski definition) is 0. The van der Waals surface area contributed by atoms with Crippen LogP contribution in [-0.2, 0) is 9.68 Å². The summed E-state index contributed by atoms with van der Waals surface area (Å²) >= 11 is 0. The normalized spacial score (nSPS) is 10.1. The molecule has 0 saturated carbocycles. The van der Waals surface area contributed by atoms with Gasteiger partial charge in [0.25, 0.3) is 0 Å². The summed E-state index contributed by atoms with van der Waals surface area (Å²) in [6.07, 6.45) is 1.90. The van der Waals surface area contributed by atoms with Crippen LogP contribution in [0.4, 0.5) is 4.53 Å². The predicted molar refractivity (Wildman–Crippen MR) is 93.4 cm³/mol. The van der Waals surface area contributed by atoms with Crippen LogP contribution in [0.25, 0.3) is 5.32 Å². The minimum atomic E-state index is -0.963. The number of halogens is 1. The molecule has 4 nitrogen and oxygen atoms in total. The SMILES string of the molecule is CC.CC.CCC(CC[N-]COC)c1ccc(C(=O)OF)cc1.[K+]. The Morgan fingerprint density at radius 3 is 2.12 bits per heavy atom. The van der Waals surface area contributed by atoms with E-state index < -0.39 is 5.97 Å². The Bertz CT molecular complexity index is 388. The van der Waals surface area contributed by atoms with E-state index in [4.69, 9.17) is 4.74 Å². The van der Waals surface area contributed by atoms with Crippen molar-refractivity contribution < 1.29 is 70.4 Å². The maximum atomic E-state index is 11.8. The van der Waals surface area contributed by atoms with Crippen molar-refractivity contribution in [1.82, 2.24) is 0 Å². The Balaban J connectivity index is -0.000000817. The Kier molecular flexibility index (Phi) is 25.6. The van der Waals surface area contributed by atoms with Gasteiger partial charge in [0, 0.05) is 11.6 Å². The topological polar surface area (TPSA) is 49.6 Å². The van der Waals surface area contributed by atoms with Gasteiger partial charge >= 0.3 is 57.4 Å². The maximum absolute atomic E-state index is 11.8. The van der Waals surface area contributed by atoms with Gasteiger partial charge < -0.3 is 10.1 Å². The van der Waals surface area contributed by atoms with Crippen molar-refractivity contribution in [2.24, 2.45) is 0 Å². The average molecular weight is 368 g/mol. The molecule has 0 spiro atoms. The van der Waals surface area contributed by atoms with Gasteiger partial charge in [0.2, 0.25) is 0 Å². The smallest absolute Gasteiger partial charge is 0.639 e. The molecule has 0 saturated heterocycles. The van der Waals surface area contributed by atoms with Crippen LogP contribution in [0.2, 0.25) is 0 Å². The molecule has 0 N–H and O–H groups in total. The second kappa shape index (κ2) is 21.2. The molecule has 24 heavy (non-hydrogen) atoms. The molecule has 6 heteroatoms. The summed E-state index contributed by atoms with van der Waals surface area (Å²) in [6, 6.07) is 6.81. The molecular weight excluding hydrogens is 336 g/mol. The molecule has 0 radical (unpaired) electrons. The van der Waals surface area contributed by atoms with Crippen molar-refractivity contribution in [3.63, 3.8) is 0 Å². The monoisotopic (exact) mass is 367 g/mol. The van der Waals surface area contributed by atoms with E-state index in [0.717, 1.165) is 24.9 Å². The number of carbonyl (C=O) groups is 1. The molecule has 0 fully saturated rings. The van der Waals surface area contributed by atoms with Crippen molar-refractivity contribution in [2.45, 2.75) is 53.4 Å². The number of methoxy groups -OCH3 is 1. The van der Waals surface area contributed by atoms with E-state index in [1.54, 1.807) is 19.2 Å². The van der Waals surface area contributed by atoms with E-state index >= 15 is 0 Å². The summed E-state index contributed by atoms with van der Waals surface area (Å²) in [5.74, 6) is -0.592. The van der Waals surface area contributed by atoms with Gasteiger partial charge in [0.05, 0.1) is 5.56 Å². The van der Waals surface area contributed by atoms with Gasteiger partial charge in [-0.15, -0.1) is 6.54 Å². The van der Waals surface area contributed by atoms with Crippen molar-refractivity contribution in [1.29, 1.82) is 0 Å². The van der Waals surface area contributed by atoms with Gasteiger partial charge in [-0.2, -0.15) is 0 Å². The fraction of sp³-hybridized carbons (Fsp3) is 0.611. The molecule has 0 heterocycles. The minimum Gasteiger partial charge on any atom is -0.639 e. The quantitative estimate of drug-likeness (QED) is 0.524. The van der Waals surface area contributed by atoms with Gasteiger partial charge in [-0.25, -0.2) is 9.74 Å². The third kappa shape index (κ3) is 12.5. The molecule has 1 atom stereocenters. The first kappa shape index (κ1) is 29.0. The van der Waals surface area contributed by atoms with Gasteiger partial charge in [-0.1, -0.05) is 53.2 Å². The molecule has 0 amide bonds. The van der Waals surface area contributed by atoms with Crippen LogP contribution in [-0.4, -0.2) is 26.4 Å². The first-order valence-electron chi connectivity index (χ1n) is 8.28. The van der Waals surface area contributed by atoms with E-state index in [1.807, 2.05) is 39.8 Å². The molecule has 0 aliphatic rings. The molecule has 1 rings (SSSR count). The Hall–Kier alpha value is 0.176. The number of carbonyl (C=O) groups excluding carboxylic acids is 1. The Morgan fingerprint density at radius 1 is 1.17 bits per heavy atom. The summed E-state index contributed by atoms with van der Waals surface area (Å²) < 4.78 is 16.6. The van der Waals surface area contributed by atoms with Crippen LogP contribution in [0.1, 0.15) is 69.3 Å². The number of benzene rings is 1. The molecule has 1 aromatic carbocycles. The molecule has 1 aromatic rings. The fourth-order valence-electron chi connectivity index (χ4n) is 1.95. The van der Waals surface area contributed by atoms with Crippen molar-refractivity contribution in [3.8, 4) is 0 Å². The van der Waals surface area contributed by atoms with Crippen LogP contribution in [0.5, 0.6) is 0 Å². The number of nitrogens with zero attached hydrogens (tertiary/aromatic N) is 1. The van der Waals surface area contributed by atoms with Gasteiger partial charge in [0.15, 0.2) is 0 Å². The van der Waals surface area contributed by atoms with Crippen LogP contribution in [0.3, 0.4) is 0 Å². The summed E-state index contributed by atoms with van der Waals surface area (Å²) in [4.78, 5) is 14.2. The van der Waals surface area contributed by atoms with E-state index in [-0.39, 0.29) is 56.9 Å². The van der Waals surface area contributed by atoms with Crippen LogP contribution >= 0.6 is 0 Å². The standard InChI is InChI=1S/C14H19FNO3.2C2H6.K/c1-3-11(8-9-16-10-18-2)12-4-6-13(7-5-12)14(17)19-15;2*1-2;/h4-7,11H,3,8-10H2,1-2H3;2*1-2H3;/q-1;;;+1. The first-order chi connectivity index (χ1) is 11.2. The van der Waals surface area contributed by atoms with Gasteiger partial charge in [-0.05, 0) is 36.8 Å². The molecule has 0 bridgehead atoms. The molecule has 0 aliphatic carbocycles. The van der Waals surface area contributed by atoms with E-state index in [0.29, 0.717) is 12.6 Å². The average Bonchev–Trinajstić information content (AvgIpc) is 2.65. The third-order valence-electron chi connectivity index (χ3n) is 3.04. The number of rotatable bonds is 8. The molecular formula is C18H31FKNO3. The second-order valence-corrected chi connectivity index (χ2v) is 4.25. The Morgan fingerprint density at radius 2 is 1.71 bits per heavy atom. The second-order valence-electron chi connectivity index (χ2n) is 4.25. The summed E-state index contributed by atoms with van der Waals surface area (Å²) in [5.41, 5.74) is 1.33. The molecule has 134 valence electrons. The molecule has 0 aromatic heterocycles. The van der Waals surface area contributed by atoms with Crippen molar-refractivity contribution in [2.75, 3.05) is 20.4 Å². The molecule has 1 unspecified atom stereocenters. The van der Waals surface area contributed by atoms with Gasteiger partial charge in [0.1, 0.15) is 0 Å². The van der Waals surface area contributed by atoms with E-state index in [2.05, 4.69) is 17.2 Å². The fourth-order valence-corrected chi connectivity index (χ4v) is 1.95. The maximum Gasteiger partial charge on any atom is 1.00 e. The zero-order valence-corrected chi connectivity index (χ0v) is 19.4. The predicted octanol–water partition coefficient (Wildman–Crippen LogP) is 2.65. The van der Waals surface area contributed by atoms with Crippen molar-refractivity contribution in [3.05, 3.63) is 40.7 Å². The van der Waals surface area contributed by atoms with Crippen LogP contribution in [0, 0.1) is 0 Å². The summed E-state index contributed by atoms with van der Waals surface area (Å²) in [5, 5.41) is 4.22. The van der Waals surface area contributed by atoms with Crippen molar-refractivity contribution >= 4 is 5.97 Å². The van der Waals surface area contributed by atoms with E-state index in [9.17, 15) is 9.32 Å². The number of hydrogen-bond acceptors (Lipinski definition) is 3. The molecule has 0 aliphatic heterocycles. The van der Waals surface area contributed by atoms with Crippen LogP contribution < -0.4 is 51.4 Å². The zero-order chi connectivity index (χ0) is 18.1. The third-order valence-corrected chi connectivity index (χ3v) is 3.04. The minimum absolute atomic E-state index is 0. The van der Waals surface area contributed by atoms with E-state index in [1.165, 1.54) is 0 Å². The first-order valence-corrected chi connectivity index (χ1v) is 8.28.